The minimum absolute atomic E-state index is 0.173. The summed E-state index contributed by atoms with van der Waals surface area (Å²) in [6.45, 7) is 5.18. The van der Waals surface area contributed by atoms with E-state index in [4.69, 9.17) is 5.73 Å². The van der Waals surface area contributed by atoms with Crippen LogP contribution in [0.3, 0.4) is 0 Å². The third kappa shape index (κ3) is 3.54. The van der Waals surface area contributed by atoms with Crippen LogP contribution >= 0.6 is 0 Å². The molecule has 1 aromatic rings. The lowest BCUT2D eigenvalue weighted by molar-refractivity contribution is 0.127. The second-order valence-electron chi connectivity index (χ2n) is 5.49. The minimum atomic E-state index is -0.173. The number of piperidine rings is 1. The van der Waals surface area contributed by atoms with Crippen molar-refractivity contribution in [2.75, 3.05) is 19.6 Å². The van der Waals surface area contributed by atoms with Gasteiger partial charge in [0.1, 0.15) is 5.82 Å². The van der Waals surface area contributed by atoms with Crippen molar-refractivity contribution in [1.82, 2.24) is 4.90 Å². The number of likely N-dealkylation sites (tertiary alicyclic amines) is 1. The second-order valence-corrected chi connectivity index (χ2v) is 5.49. The van der Waals surface area contributed by atoms with Crippen molar-refractivity contribution >= 4 is 0 Å². The Morgan fingerprint density at radius 2 is 2.05 bits per heavy atom. The van der Waals surface area contributed by atoms with E-state index in [0.717, 1.165) is 6.54 Å². The quantitative estimate of drug-likeness (QED) is 0.885. The first-order chi connectivity index (χ1) is 9.26. The third-order valence-corrected chi connectivity index (χ3v) is 4.19. The second kappa shape index (κ2) is 7.01. The van der Waals surface area contributed by atoms with E-state index < -0.39 is 0 Å². The first kappa shape index (κ1) is 14.5. The summed E-state index contributed by atoms with van der Waals surface area (Å²) in [6, 6.07) is 7.40. The van der Waals surface area contributed by atoms with Gasteiger partial charge < -0.3 is 5.73 Å². The van der Waals surface area contributed by atoms with Crippen molar-refractivity contribution in [2.24, 2.45) is 5.73 Å². The highest BCUT2D eigenvalue weighted by Crippen LogP contribution is 2.30. The highest BCUT2D eigenvalue weighted by Gasteiger charge is 2.29. The fraction of sp³-hybridized carbons (Fsp3) is 0.625. The van der Waals surface area contributed by atoms with E-state index in [-0.39, 0.29) is 5.82 Å². The Labute approximate surface area is 115 Å². The number of nitrogens with zero attached hydrogens (tertiary/aromatic N) is 1. The molecule has 2 N–H and O–H groups in total. The van der Waals surface area contributed by atoms with Crippen LogP contribution in [0, 0.1) is 5.82 Å². The molecule has 0 bridgehead atoms. The Morgan fingerprint density at radius 3 is 2.68 bits per heavy atom. The maximum atomic E-state index is 13.1. The van der Waals surface area contributed by atoms with Gasteiger partial charge in [-0.25, -0.2) is 4.39 Å². The lowest BCUT2D eigenvalue weighted by Crippen LogP contribution is -2.45. The van der Waals surface area contributed by atoms with Crippen LogP contribution in [-0.2, 0) is 0 Å². The van der Waals surface area contributed by atoms with Crippen LogP contribution in [0.2, 0.25) is 0 Å². The topological polar surface area (TPSA) is 29.3 Å². The van der Waals surface area contributed by atoms with E-state index in [0.29, 0.717) is 18.5 Å². The number of hydrogen-bond donors (Lipinski definition) is 1. The molecular weight excluding hydrogens is 239 g/mol. The average molecular weight is 264 g/mol. The molecule has 1 aliphatic heterocycles. The van der Waals surface area contributed by atoms with E-state index in [2.05, 4.69) is 11.8 Å². The summed E-state index contributed by atoms with van der Waals surface area (Å²) < 4.78 is 13.1. The molecule has 2 nitrogen and oxygen atoms in total. The average Bonchev–Trinajstić information content (AvgIpc) is 2.44. The first-order valence-corrected chi connectivity index (χ1v) is 7.45. The molecule has 106 valence electrons. The Hall–Kier alpha value is -0.930. The third-order valence-electron chi connectivity index (χ3n) is 4.19. The van der Waals surface area contributed by atoms with Crippen LogP contribution < -0.4 is 5.73 Å². The summed E-state index contributed by atoms with van der Waals surface area (Å²) >= 11 is 0. The molecule has 19 heavy (non-hydrogen) atoms. The van der Waals surface area contributed by atoms with Gasteiger partial charge in [0.15, 0.2) is 0 Å². The Balaban J connectivity index is 2.16. The normalized spacial score (nSPS) is 22.4. The van der Waals surface area contributed by atoms with Crippen LogP contribution in [-0.4, -0.2) is 30.6 Å². The first-order valence-electron chi connectivity index (χ1n) is 7.45. The zero-order valence-electron chi connectivity index (χ0n) is 11.8. The molecule has 2 atom stereocenters. The zero-order chi connectivity index (χ0) is 13.7. The molecule has 1 heterocycles. The van der Waals surface area contributed by atoms with Gasteiger partial charge in [-0.3, -0.25) is 4.90 Å². The molecule has 1 fully saturated rings. The van der Waals surface area contributed by atoms with Crippen molar-refractivity contribution < 1.29 is 4.39 Å². The lowest BCUT2D eigenvalue weighted by atomic mass is 9.85. The molecule has 1 aromatic carbocycles. The molecule has 2 unspecified atom stereocenters. The largest absolute Gasteiger partial charge is 0.330 e. The molecule has 0 amide bonds. The molecule has 0 spiro atoms. The van der Waals surface area contributed by atoms with Crippen molar-refractivity contribution in [3.63, 3.8) is 0 Å². The van der Waals surface area contributed by atoms with E-state index in [1.807, 2.05) is 12.1 Å². The monoisotopic (exact) mass is 264 g/mol. The molecule has 0 radical (unpaired) electrons. The summed E-state index contributed by atoms with van der Waals surface area (Å²) in [4.78, 5) is 2.57. The number of halogens is 1. The number of benzene rings is 1. The predicted octanol–water partition coefficient (Wildman–Crippen LogP) is 3.13. The zero-order valence-corrected chi connectivity index (χ0v) is 11.8. The van der Waals surface area contributed by atoms with Gasteiger partial charge in [0.05, 0.1) is 0 Å². The van der Waals surface area contributed by atoms with Gasteiger partial charge in [-0.2, -0.15) is 0 Å². The van der Waals surface area contributed by atoms with Gasteiger partial charge in [-0.15, -0.1) is 0 Å². The van der Waals surface area contributed by atoms with Crippen molar-refractivity contribution in [2.45, 2.75) is 44.6 Å². The van der Waals surface area contributed by atoms with Crippen molar-refractivity contribution in [3.8, 4) is 0 Å². The van der Waals surface area contributed by atoms with Gasteiger partial charge in [-0.1, -0.05) is 25.5 Å². The molecule has 3 heteroatoms. The van der Waals surface area contributed by atoms with Crippen LogP contribution in [0.1, 0.15) is 44.1 Å². The smallest absolute Gasteiger partial charge is 0.123 e. The summed E-state index contributed by atoms with van der Waals surface area (Å²) in [5.41, 5.74) is 7.19. The van der Waals surface area contributed by atoms with E-state index in [9.17, 15) is 4.39 Å². The molecular formula is C16H25FN2. The van der Waals surface area contributed by atoms with Crippen LogP contribution in [0.15, 0.2) is 24.3 Å². The Morgan fingerprint density at radius 1 is 1.32 bits per heavy atom. The van der Waals surface area contributed by atoms with E-state index >= 15 is 0 Å². The van der Waals surface area contributed by atoms with Gasteiger partial charge in [0, 0.05) is 18.5 Å². The summed E-state index contributed by atoms with van der Waals surface area (Å²) in [5, 5.41) is 0. The molecule has 0 aromatic heterocycles. The van der Waals surface area contributed by atoms with Crippen molar-refractivity contribution in [1.29, 1.82) is 0 Å². The Kier molecular flexibility index (Phi) is 5.34. The fourth-order valence-corrected chi connectivity index (χ4v) is 3.26. The lowest BCUT2D eigenvalue weighted by Gasteiger charge is -2.40. The highest BCUT2D eigenvalue weighted by molar-refractivity contribution is 5.23. The summed E-state index contributed by atoms with van der Waals surface area (Å²) in [6.07, 6.45) is 4.95. The van der Waals surface area contributed by atoms with Crippen LogP contribution in [0.25, 0.3) is 0 Å². The summed E-state index contributed by atoms with van der Waals surface area (Å²) in [5.74, 6) is 0.154. The standard InChI is InChI=1S/C16H25FN2/c1-2-10-19-11-4-3-5-16(19)15(12-18)13-6-8-14(17)9-7-13/h6-9,15-16H,2-5,10-12,18H2,1H3. The van der Waals surface area contributed by atoms with Gasteiger partial charge >= 0.3 is 0 Å². The highest BCUT2D eigenvalue weighted by atomic mass is 19.1. The van der Waals surface area contributed by atoms with E-state index in [1.165, 1.54) is 37.8 Å². The number of rotatable bonds is 5. The Bertz CT molecular complexity index is 375. The van der Waals surface area contributed by atoms with E-state index in [1.54, 1.807) is 12.1 Å². The fourth-order valence-electron chi connectivity index (χ4n) is 3.26. The van der Waals surface area contributed by atoms with Gasteiger partial charge in [-0.05, 0) is 50.0 Å². The molecule has 0 saturated carbocycles. The minimum Gasteiger partial charge on any atom is -0.330 e. The maximum absolute atomic E-state index is 13.1. The summed E-state index contributed by atoms with van der Waals surface area (Å²) in [7, 11) is 0. The van der Waals surface area contributed by atoms with Crippen LogP contribution in [0.4, 0.5) is 4.39 Å². The SMILES string of the molecule is CCCN1CCCCC1C(CN)c1ccc(F)cc1. The number of hydrogen-bond acceptors (Lipinski definition) is 2. The number of nitrogens with two attached hydrogens (primary N) is 1. The molecule has 1 saturated heterocycles. The molecule has 2 rings (SSSR count). The van der Waals surface area contributed by atoms with Crippen LogP contribution in [0.5, 0.6) is 0 Å². The molecule has 1 aliphatic rings. The van der Waals surface area contributed by atoms with Gasteiger partial charge in [0.2, 0.25) is 0 Å². The van der Waals surface area contributed by atoms with Crippen molar-refractivity contribution in [3.05, 3.63) is 35.6 Å². The van der Waals surface area contributed by atoms with Gasteiger partial charge in [0.25, 0.3) is 0 Å². The molecule has 0 aliphatic carbocycles. The predicted molar refractivity (Wildman–Crippen MR) is 77.7 cm³/mol. The maximum Gasteiger partial charge on any atom is 0.123 e.